The Kier molecular flexibility index (Phi) is 5.53. The standard InChI is InChI=1S/C19H27N3O2/c1-15-20-11-17(21(15)2)13-22(14-18-8-6-10-24-18)12-16-7-4-5-9-19(16)23-3/h4-5,7,9,11,18H,6,8,10,12-14H2,1-3H3/t18-/m1/s1. The Bertz CT molecular complexity index is 662. The Balaban J connectivity index is 1.77. The monoisotopic (exact) mass is 329 g/mol. The van der Waals surface area contributed by atoms with E-state index in [1.165, 1.54) is 11.3 Å². The van der Waals surface area contributed by atoms with Crippen LogP contribution in [0.3, 0.4) is 0 Å². The Morgan fingerprint density at radius 2 is 2.17 bits per heavy atom. The molecule has 1 aliphatic rings. The molecule has 2 aromatic rings. The van der Waals surface area contributed by atoms with Gasteiger partial charge in [0.15, 0.2) is 0 Å². The van der Waals surface area contributed by atoms with Crippen molar-refractivity contribution in [3.8, 4) is 5.75 Å². The van der Waals surface area contributed by atoms with Crippen molar-refractivity contribution in [3.63, 3.8) is 0 Å². The molecular weight excluding hydrogens is 302 g/mol. The van der Waals surface area contributed by atoms with E-state index in [4.69, 9.17) is 9.47 Å². The predicted octanol–water partition coefficient (Wildman–Crippen LogP) is 2.92. The number of methoxy groups -OCH3 is 1. The minimum atomic E-state index is 0.328. The number of rotatable bonds is 7. The summed E-state index contributed by atoms with van der Waals surface area (Å²) in [4.78, 5) is 6.86. The summed E-state index contributed by atoms with van der Waals surface area (Å²) in [6.45, 7) is 5.55. The maximum Gasteiger partial charge on any atom is 0.123 e. The van der Waals surface area contributed by atoms with Crippen molar-refractivity contribution in [1.82, 2.24) is 14.5 Å². The maximum absolute atomic E-state index is 5.86. The summed E-state index contributed by atoms with van der Waals surface area (Å²) in [5.41, 5.74) is 2.43. The predicted molar refractivity (Wildman–Crippen MR) is 94.0 cm³/mol. The largest absolute Gasteiger partial charge is 0.496 e. The summed E-state index contributed by atoms with van der Waals surface area (Å²) in [5, 5.41) is 0. The molecular formula is C19H27N3O2. The average Bonchev–Trinajstić information content (AvgIpc) is 3.21. The Hall–Kier alpha value is -1.85. The fourth-order valence-corrected chi connectivity index (χ4v) is 3.26. The summed E-state index contributed by atoms with van der Waals surface area (Å²) >= 11 is 0. The van der Waals surface area contributed by atoms with Crippen LogP contribution in [0.2, 0.25) is 0 Å². The molecule has 5 heteroatoms. The van der Waals surface area contributed by atoms with E-state index in [1.54, 1.807) is 7.11 Å². The lowest BCUT2D eigenvalue weighted by Crippen LogP contribution is -2.32. The van der Waals surface area contributed by atoms with Gasteiger partial charge in [0.1, 0.15) is 11.6 Å². The summed E-state index contributed by atoms with van der Waals surface area (Å²) < 4.78 is 13.5. The van der Waals surface area contributed by atoms with Crippen LogP contribution in [0.25, 0.3) is 0 Å². The molecule has 0 bridgehead atoms. The number of imidazole rings is 1. The second-order valence-corrected chi connectivity index (χ2v) is 6.47. The number of benzene rings is 1. The lowest BCUT2D eigenvalue weighted by Gasteiger charge is -2.26. The first-order valence-corrected chi connectivity index (χ1v) is 8.60. The first-order chi connectivity index (χ1) is 11.7. The molecule has 0 N–H and O–H groups in total. The van der Waals surface area contributed by atoms with Crippen molar-refractivity contribution in [2.75, 3.05) is 20.3 Å². The van der Waals surface area contributed by atoms with Crippen molar-refractivity contribution in [1.29, 1.82) is 0 Å². The van der Waals surface area contributed by atoms with Gasteiger partial charge in [-0.25, -0.2) is 4.98 Å². The zero-order valence-corrected chi connectivity index (χ0v) is 14.9. The molecule has 1 fully saturated rings. The van der Waals surface area contributed by atoms with Crippen LogP contribution in [0, 0.1) is 6.92 Å². The molecule has 0 radical (unpaired) electrons. The molecule has 130 valence electrons. The quantitative estimate of drug-likeness (QED) is 0.783. The van der Waals surface area contributed by atoms with Crippen LogP contribution in [0.1, 0.15) is 29.9 Å². The number of hydrogen-bond acceptors (Lipinski definition) is 4. The van der Waals surface area contributed by atoms with E-state index in [-0.39, 0.29) is 0 Å². The highest BCUT2D eigenvalue weighted by Gasteiger charge is 2.21. The third-order valence-electron chi connectivity index (χ3n) is 4.77. The SMILES string of the molecule is COc1ccccc1CN(Cc1cnc(C)n1C)C[C@H]1CCCO1. The van der Waals surface area contributed by atoms with E-state index < -0.39 is 0 Å². The van der Waals surface area contributed by atoms with Crippen molar-refractivity contribution in [2.45, 2.75) is 39.0 Å². The first kappa shape index (κ1) is 17.0. The van der Waals surface area contributed by atoms with E-state index in [9.17, 15) is 0 Å². The highest BCUT2D eigenvalue weighted by Crippen LogP contribution is 2.22. The fourth-order valence-electron chi connectivity index (χ4n) is 3.26. The zero-order valence-electron chi connectivity index (χ0n) is 14.9. The number of aromatic nitrogens is 2. The Morgan fingerprint density at radius 1 is 1.33 bits per heavy atom. The second kappa shape index (κ2) is 7.81. The van der Waals surface area contributed by atoms with Crippen LogP contribution >= 0.6 is 0 Å². The normalized spacial score (nSPS) is 17.6. The van der Waals surface area contributed by atoms with Crippen LogP contribution in [0.4, 0.5) is 0 Å². The third-order valence-corrected chi connectivity index (χ3v) is 4.77. The molecule has 2 heterocycles. The van der Waals surface area contributed by atoms with E-state index in [2.05, 4.69) is 33.6 Å². The van der Waals surface area contributed by atoms with Gasteiger partial charge >= 0.3 is 0 Å². The topological polar surface area (TPSA) is 39.5 Å². The van der Waals surface area contributed by atoms with Crippen molar-refractivity contribution < 1.29 is 9.47 Å². The minimum absolute atomic E-state index is 0.328. The lowest BCUT2D eigenvalue weighted by atomic mass is 10.1. The molecule has 0 saturated carbocycles. The molecule has 24 heavy (non-hydrogen) atoms. The van der Waals surface area contributed by atoms with E-state index in [0.717, 1.165) is 50.7 Å². The van der Waals surface area contributed by atoms with Gasteiger partial charge < -0.3 is 14.0 Å². The number of nitrogens with zero attached hydrogens (tertiary/aromatic N) is 3. The summed E-state index contributed by atoms with van der Waals surface area (Å²) in [5.74, 6) is 1.98. The number of ether oxygens (including phenoxy) is 2. The highest BCUT2D eigenvalue weighted by atomic mass is 16.5. The molecule has 1 aliphatic heterocycles. The van der Waals surface area contributed by atoms with Crippen LogP contribution in [0.15, 0.2) is 30.5 Å². The molecule has 1 aromatic heterocycles. The van der Waals surface area contributed by atoms with Crippen LogP contribution in [-0.2, 0) is 24.9 Å². The number of hydrogen-bond donors (Lipinski definition) is 0. The van der Waals surface area contributed by atoms with E-state index in [1.807, 2.05) is 25.3 Å². The van der Waals surface area contributed by atoms with Crippen molar-refractivity contribution in [3.05, 3.63) is 47.5 Å². The highest BCUT2D eigenvalue weighted by molar-refractivity contribution is 5.33. The van der Waals surface area contributed by atoms with E-state index in [0.29, 0.717) is 6.10 Å². The fraction of sp³-hybridized carbons (Fsp3) is 0.526. The van der Waals surface area contributed by atoms with Crippen LogP contribution in [-0.4, -0.2) is 40.8 Å². The maximum atomic E-state index is 5.86. The molecule has 0 amide bonds. The van der Waals surface area contributed by atoms with Gasteiger partial charge in [0.05, 0.1) is 18.9 Å². The summed E-state index contributed by atoms with van der Waals surface area (Å²) in [6.07, 6.45) is 4.61. The minimum Gasteiger partial charge on any atom is -0.496 e. The molecule has 0 aliphatic carbocycles. The molecule has 5 nitrogen and oxygen atoms in total. The molecule has 0 spiro atoms. The molecule has 1 saturated heterocycles. The van der Waals surface area contributed by atoms with Crippen molar-refractivity contribution in [2.24, 2.45) is 7.05 Å². The van der Waals surface area contributed by atoms with Gasteiger partial charge in [-0.15, -0.1) is 0 Å². The Labute approximate surface area is 144 Å². The van der Waals surface area contributed by atoms with Crippen molar-refractivity contribution >= 4 is 0 Å². The second-order valence-electron chi connectivity index (χ2n) is 6.47. The molecule has 1 atom stereocenters. The molecule has 1 aromatic carbocycles. The smallest absolute Gasteiger partial charge is 0.123 e. The van der Waals surface area contributed by atoms with Gasteiger partial charge in [-0.05, 0) is 25.8 Å². The van der Waals surface area contributed by atoms with E-state index >= 15 is 0 Å². The van der Waals surface area contributed by atoms with Gasteiger partial charge in [0.25, 0.3) is 0 Å². The zero-order chi connectivity index (χ0) is 16.9. The van der Waals surface area contributed by atoms with Gasteiger partial charge in [-0.2, -0.15) is 0 Å². The first-order valence-electron chi connectivity index (χ1n) is 8.60. The number of para-hydroxylation sites is 1. The van der Waals surface area contributed by atoms with Gasteiger partial charge in [-0.3, -0.25) is 4.90 Å². The molecule has 0 unspecified atom stereocenters. The Morgan fingerprint density at radius 3 is 2.83 bits per heavy atom. The van der Waals surface area contributed by atoms with Crippen LogP contribution in [0.5, 0.6) is 5.75 Å². The summed E-state index contributed by atoms with van der Waals surface area (Å²) in [6, 6.07) is 8.23. The average molecular weight is 329 g/mol. The van der Waals surface area contributed by atoms with Gasteiger partial charge in [0, 0.05) is 45.0 Å². The number of aryl methyl sites for hydroxylation is 1. The van der Waals surface area contributed by atoms with Gasteiger partial charge in [0.2, 0.25) is 0 Å². The lowest BCUT2D eigenvalue weighted by molar-refractivity contribution is 0.0669. The summed E-state index contributed by atoms with van der Waals surface area (Å²) in [7, 11) is 3.80. The van der Waals surface area contributed by atoms with Crippen LogP contribution < -0.4 is 4.74 Å². The van der Waals surface area contributed by atoms with Gasteiger partial charge in [-0.1, -0.05) is 18.2 Å². The third kappa shape index (κ3) is 3.97. The molecule has 3 rings (SSSR count).